The molecule has 0 aliphatic carbocycles. The van der Waals surface area contributed by atoms with Gasteiger partial charge in [-0.15, -0.1) is 0 Å². The van der Waals surface area contributed by atoms with Crippen LogP contribution in [-0.2, 0) is 16.0 Å². The van der Waals surface area contributed by atoms with Gasteiger partial charge < -0.3 is 28.8 Å². The maximum Gasteiger partial charge on any atom is 0.335 e. The lowest BCUT2D eigenvalue weighted by atomic mass is 10.1. The van der Waals surface area contributed by atoms with Gasteiger partial charge in [-0.25, -0.2) is 9.78 Å². The zero-order valence-electron chi connectivity index (χ0n) is 21.7. The Morgan fingerprint density at radius 2 is 1.54 bits per heavy atom. The number of hydrogen-bond acceptors (Lipinski definition) is 7. The Labute approximate surface area is 250 Å². The predicted octanol–water partition coefficient (Wildman–Crippen LogP) is 7.43. The minimum absolute atomic E-state index is 0.00477. The monoisotopic (exact) mass is 621 g/mol. The minimum atomic E-state index is -1.04. The highest BCUT2D eigenvalue weighted by Gasteiger charge is 2.14. The Morgan fingerprint density at radius 3 is 2.20 bits per heavy atom. The van der Waals surface area contributed by atoms with Crippen molar-refractivity contribution in [3.63, 3.8) is 0 Å². The van der Waals surface area contributed by atoms with E-state index in [2.05, 4.69) is 4.98 Å². The molecule has 1 heterocycles. The average molecular weight is 623 g/mol. The van der Waals surface area contributed by atoms with Gasteiger partial charge in [-0.1, -0.05) is 34.8 Å². The third kappa shape index (κ3) is 8.50. The first-order valence-corrected chi connectivity index (χ1v) is 13.8. The third-order valence-electron chi connectivity index (χ3n) is 5.87. The molecule has 0 saturated carbocycles. The number of rotatable bonds is 15. The number of aromatic nitrogens is 1. The first kappa shape index (κ1) is 30.5. The molecule has 4 rings (SSSR count). The smallest absolute Gasteiger partial charge is 0.335 e. The Hall–Kier alpha value is -3.50. The second-order valence-electron chi connectivity index (χ2n) is 8.95. The van der Waals surface area contributed by atoms with Gasteiger partial charge in [-0.3, -0.25) is 4.79 Å². The standard InChI is InChI=1S/C29H26Cl3NO8/c30-20-15-18(28-33-23-6-4-19(29(36)37)16-25(23)41-28)5-7-24(20)39-11-1-9-38-10-2-12-40-27-21(31)13-17(14-22(27)32)3-8-26(34)35/h4-7,13-16H,1-3,8-12H2,(H,34,35)(H,36,37). The summed E-state index contributed by atoms with van der Waals surface area (Å²) in [4.78, 5) is 26.3. The Kier molecular flexibility index (Phi) is 10.7. The fraction of sp³-hybridized carbons (Fsp3) is 0.276. The lowest BCUT2D eigenvalue weighted by Gasteiger charge is -2.12. The predicted molar refractivity (Wildman–Crippen MR) is 155 cm³/mol. The van der Waals surface area contributed by atoms with E-state index in [1.807, 2.05) is 0 Å². The van der Waals surface area contributed by atoms with Crippen molar-refractivity contribution >= 4 is 57.8 Å². The summed E-state index contributed by atoms with van der Waals surface area (Å²) in [5.74, 6) is -0.728. The zero-order valence-corrected chi connectivity index (χ0v) is 24.0. The van der Waals surface area contributed by atoms with E-state index in [1.54, 1.807) is 36.4 Å². The van der Waals surface area contributed by atoms with Crippen LogP contribution < -0.4 is 9.47 Å². The summed E-state index contributed by atoms with van der Waals surface area (Å²) in [6.45, 7) is 1.71. The molecule has 0 saturated heterocycles. The number of aromatic carboxylic acids is 1. The number of carbonyl (C=O) groups is 2. The van der Waals surface area contributed by atoms with E-state index in [-0.39, 0.29) is 12.0 Å². The summed E-state index contributed by atoms with van der Waals surface area (Å²) in [6.07, 6.45) is 1.60. The van der Waals surface area contributed by atoms with E-state index in [1.165, 1.54) is 12.1 Å². The molecule has 12 heteroatoms. The summed E-state index contributed by atoms with van der Waals surface area (Å²) >= 11 is 18.9. The molecule has 0 atom stereocenters. The number of ether oxygens (including phenoxy) is 3. The molecule has 0 radical (unpaired) electrons. The number of carboxylic acid groups (broad SMARTS) is 2. The normalized spacial score (nSPS) is 11.1. The maximum atomic E-state index is 11.2. The molecule has 0 unspecified atom stereocenters. The van der Waals surface area contributed by atoms with Crippen molar-refractivity contribution in [1.82, 2.24) is 4.98 Å². The van der Waals surface area contributed by atoms with Gasteiger partial charge in [0.25, 0.3) is 0 Å². The van der Waals surface area contributed by atoms with Gasteiger partial charge in [0.2, 0.25) is 5.89 Å². The highest BCUT2D eigenvalue weighted by molar-refractivity contribution is 6.37. The molecule has 9 nitrogen and oxygen atoms in total. The Morgan fingerprint density at radius 1 is 0.829 bits per heavy atom. The highest BCUT2D eigenvalue weighted by atomic mass is 35.5. The molecule has 0 aliphatic heterocycles. The fourth-order valence-corrected chi connectivity index (χ4v) is 4.73. The Balaban J connectivity index is 1.15. The van der Waals surface area contributed by atoms with Crippen LogP contribution in [0.1, 0.15) is 35.2 Å². The van der Waals surface area contributed by atoms with Crippen molar-refractivity contribution in [3.8, 4) is 23.0 Å². The van der Waals surface area contributed by atoms with Crippen molar-refractivity contribution in [3.05, 3.63) is 74.7 Å². The van der Waals surface area contributed by atoms with Gasteiger partial charge in [-0.2, -0.15) is 0 Å². The molecule has 3 aromatic carbocycles. The van der Waals surface area contributed by atoms with Crippen molar-refractivity contribution in [2.45, 2.75) is 25.7 Å². The lowest BCUT2D eigenvalue weighted by Crippen LogP contribution is -2.07. The van der Waals surface area contributed by atoms with E-state index >= 15 is 0 Å². The van der Waals surface area contributed by atoms with E-state index in [0.717, 1.165) is 5.56 Å². The molecular weight excluding hydrogens is 597 g/mol. The number of carboxylic acids is 2. The number of oxazole rings is 1. The third-order valence-corrected chi connectivity index (χ3v) is 6.73. The summed E-state index contributed by atoms with van der Waals surface area (Å²) < 4.78 is 22.8. The first-order chi connectivity index (χ1) is 19.7. The molecule has 0 spiro atoms. The largest absolute Gasteiger partial charge is 0.492 e. The van der Waals surface area contributed by atoms with Crippen molar-refractivity contribution in [2.75, 3.05) is 26.4 Å². The molecule has 2 N–H and O–H groups in total. The van der Waals surface area contributed by atoms with Gasteiger partial charge in [0.05, 0.1) is 33.8 Å². The maximum absolute atomic E-state index is 11.2. The first-order valence-electron chi connectivity index (χ1n) is 12.7. The molecule has 1 aromatic heterocycles. The van der Waals surface area contributed by atoms with Crippen LogP contribution in [0.4, 0.5) is 0 Å². The fourth-order valence-electron chi connectivity index (χ4n) is 3.86. The number of nitrogens with zero attached hydrogens (tertiary/aromatic N) is 1. The second kappa shape index (κ2) is 14.4. The summed E-state index contributed by atoms with van der Waals surface area (Å²) in [5.41, 5.74) is 2.41. The molecule has 41 heavy (non-hydrogen) atoms. The SMILES string of the molecule is O=C(O)CCc1cc(Cl)c(OCCCOCCCOc2ccc(-c3nc4ccc(C(=O)O)cc4o3)cc2Cl)c(Cl)c1. The van der Waals surface area contributed by atoms with E-state index < -0.39 is 11.9 Å². The van der Waals surface area contributed by atoms with Crippen molar-refractivity contribution < 1.29 is 38.4 Å². The molecule has 0 amide bonds. The number of halogens is 3. The number of aryl methyl sites for hydroxylation is 1. The highest BCUT2D eigenvalue weighted by Crippen LogP contribution is 2.35. The van der Waals surface area contributed by atoms with Crippen LogP contribution in [0, 0.1) is 0 Å². The molecule has 0 bridgehead atoms. The van der Waals surface area contributed by atoms with Crippen LogP contribution in [0.15, 0.2) is 52.9 Å². The van der Waals surface area contributed by atoms with E-state index in [9.17, 15) is 9.59 Å². The quantitative estimate of drug-likeness (QED) is 0.130. The van der Waals surface area contributed by atoms with Gasteiger partial charge in [-0.05, 0) is 60.5 Å². The van der Waals surface area contributed by atoms with Crippen LogP contribution >= 0.6 is 34.8 Å². The van der Waals surface area contributed by atoms with E-state index in [4.69, 9.17) is 63.6 Å². The summed E-state index contributed by atoms with van der Waals surface area (Å²) in [5, 5.41) is 19.0. The number of hydrogen-bond donors (Lipinski definition) is 2. The topological polar surface area (TPSA) is 128 Å². The molecule has 216 valence electrons. The minimum Gasteiger partial charge on any atom is -0.492 e. The molecule has 0 fully saturated rings. The molecule has 4 aromatic rings. The Bertz CT molecular complexity index is 1520. The van der Waals surface area contributed by atoms with Crippen LogP contribution in [0.2, 0.25) is 15.1 Å². The van der Waals surface area contributed by atoms with Gasteiger partial charge in [0.15, 0.2) is 11.3 Å². The van der Waals surface area contributed by atoms with Crippen molar-refractivity contribution in [1.29, 1.82) is 0 Å². The molecular formula is C29H26Cl3NO8. The number of fused-ring (bicyclic) bond motifs is 1. The lowest BCUT2D eigenvalue weighted by molar-refractivity contribution is -0.136. The van der Waals surface area contributed by atoms with Crippen LogP contribution in [0.25, 0.3) is 22.6 Å². The zero-order chi connectivity index (χ0) is 29.4. The number of benzene rings is 3. The van der Waals surface area contributed by atoms with Gasteiger partial charge in [0.1, 0.15) is 11.3 Å². The second-order valence-corrected chi connectivity index (χ2v) is 10.2. The van der Waals surface area contributed by atoms with Crippen LogP contribution in [0.5, 0.6) is 11.5 Å². The number of aliphatic carboxylic acids is 1. The molecule has 0 aliphatic rings. The van der Waals surface area contributed by atoms with Gasteiger partial charge in [0, 0.05) is 38.0 Å². The summed E-state index contributed by atoms with van der Waals surface area (Å²) in [6, 6.07) is 13.0. The van der Waals surface area contributed by atoms with Crippen LogP contribution in [0.3, 0.4) is 0 Å². The van der Waals surface area contributed by atoms with Crippen molar-refractivity contribution in [2.24, 2.45) is 0 Å². The van der Waals surface area contributed by atoms with E-state index in [0.29, 0.717) is 94.8 Å². The van der Waals surface area contributed by atoms with Gasteiger partial charge >= 0.3 is 11.9 Å². The summed E-state index contributed by atoms with van der Waals surface area (Å²) in [7, 11) is 0. The average Bonchev–Trinajstić information content (AvgIpc) is 3.36. The van der Waals surface area contributed by atoms with Crippen LogP contribution in [-0.4, -0.2) is 53.6 Å².